The van der Waals surface area contributed by atoms with Gasteiger partial charge in [0.2, 0.25) is 5.91 Å². The summed E-state index contributed by atoms with van der Waals surface area (Å²) < 4.78 is 51.2. The second kappa shape index (κ2) is 5.58. The third kappa shape index (κ3) is 3.20. The van der Waals surface area contributed by atoms with Crippen molar-refractivity contribution in [2.75, 3.05) is 5.32 Å². The summed E-state index contributed by atoms with van der Waals surface area (Å²) >= 11 is 0. The Morgan fingerprint density at radius 2 is 1.91 bits per heavy atom. The predicted octanol–water partition coefficient (Wildman–Crippen LogP) is 3.43. The van der Waals surface area contributed by atoms with Crippen molar-refractivity contribution in [3.05, 3.63) is 29.6 Å². The summed E-state index contributed by atoms with van der Waals surface area (Å²) in [6.45, 7) is 0. The number of hydrogen-bond acceptors (Lipinski definition) is 2. The standard InChI is InChI=1S/C14H13F4NO3/c15-9-3-2-8(14(16,17)18)6-10(9)19-11(20)7-13(12(21)22)4-1-5-13/h2-3,6H,1,4-5,7H2,(H,19,20)(H,21,22). The lowest BCUT2D eigenvalue weighted by atomic mass is 9.66. The highest BCUT2D eigenvalue weighted by molar-refractivity contribution is 5.94. The lowest BCUT2D eigenvalue weighted by Crippen LogP contribution is -2.41. The largest absolute Gasteiger partial charge is 0.481 e. The van der Waals surface area contributed by atoms with Gasteiger partial charge in [-0.2, -0.15) is 13.2 Å². The van der Waals surface area contributed by atoms with Gasteiger partial charge in [0.05, 0.1) is 16.7 Å². The first-order valence-electron chi connectivity index (χ1n) is 6.54. The highest BCUT2D eigenvalue weighted by Gasteiger charge is 2.46. The molecule has 0 heterocycles. The lowest BCUT2D eigenvalue weighted by Gasteiger charge is -2.36. The number of carbonyl (C=O) groups is 2. The van der Waals surface area contributed by atoms with Crippen LogP contribution < -0.4 is 5.32 Å². The zero-order valence-electron chi connectivity index (χ0n) is 11.3. The van der Waals surface area contributed by atoms with E-state index in [1.165, 1.54) is 0 Å². The number of amides is 1. The van der Waals surface area contributed by atoms with Gasteiger partial charge in [-0.25, -0.2) is 4.39 Å². The van der Waals surface area contributed by atoms with Gasteiger partial charge in [0.1, 0.15) is 5.82 Å². The Kier molecular flexibility index (Phi) is 4.12. The summed E-state index contributed by atoms with van der Waals surface area (Å²) in [6, 6.07) is 1.66. The van der Waals surface area contributed by atoms with Crippen LogP contribution in [0, 0.1) is 11.2 Å². The number of halogens is 4. The molecule has 0 unspecified atom stereocenters. The molecule has 2 N–H and O–H groups in total. The van der Waals surface area contributed by atoms with E-state index in [9.17, 15) is 27.2 Å². The normalized spacial score (nSPS) is 16.7. The molecule has 0 atom stereocenters. The first kappa shape index (κ1) is 16.3. The summed E-state index contributed by atoms with van der Waals surface area (Å²) in [7, 11) is 0. The van der Waals surface area contributed by atoms with Gasteiger partial charge in [0, 0.05) is 6.42 Å². The van der Waals surface area contributed by atoms with Gasteiger partial charge < -0.3 is 10.4 Å². The minimum Gasteiger partial charge on any atom is -0.481 e. The Morgan fingerprint density at radius 3 is 2.36 bits per heavy atom. The molecule has 0 aliphatic heterocycles. The Hall–Kier alpha value is -2.12. The fourth-order valence-corrected chi connectivity index (χ4v) is 2.37. The number of alkyl halides is 3. The zero-order chi connectivity index (χ0) is 16.5. The number of hydrogen-bond donors (Lipinski definition) is 2. The van der Waals surface area contributed by atoms with Crippen molar-refractivity contribution in [1.82, 2.24) is 0 Å². The van der Waals surface area contributed by atoms with E-state index >= 15 is 0 Å². The van der Waals surface area contributed by atoms with Gasteiger partial charge in [0.25, 0.3) is 0 Å². The maximum Gasteiger partial charge on any atom is 0.416 e. The summed E-state index contributed by atoms with van der Waals surface area (Å²) in [5.41, 5.74) is -2.90. The monoisotopic (exact) mass is 319 g/mol. The van der Waals surface area contributed by atoms with Crippen molar-refractivity contribution in [1.29, 1.82) is 0 Å². The van der Waals surface area contributed by atoms with Gasteiger partial charge in [0.15, 0.2) is 0 Å². The predicted molar refractivity (Wildman–Crippen MR) is 68.6 cm³/mol. The van der Waals surface area contributed by atoms with Crippen LogP contribution in [0.1, 0.15) is 31.2 Å². The minimum atomic E-state index is -4.66. The molecular weight excluding hydrogens is 306 g/mol. The number of carboxylic acid groups (broad SMARTS) is 1. The molecule has 120 valence electrons. The first-order valence-corrected chi connectivity index (χ1v) is 6.54. The summed E-state index contributed by atoms with van der Waals surface area (Å²) in [6.07, 6.45) is -3.75. The zero-order valence-corrected chi connectivity index (χ0v) is 11.3. The van der Waals surface area contributed by atoms with E-state index in [0.29, 0.717) is 37.5 Å². The highest BCUT2D eigenvalue weighted by atomic mass is 19.4. The smallest absolute Gasteiger partial charge is 0.416 e. The molecule has 1 aromatic carbocycles. The molecule has 22 heavy (non-hydrogen) atoms. The summed E-state index contributed by atoms with van der Waals surface area (Å²) in [4.78, 5) is 23.0. The molecule has 1 fully saturated rings. The van der Waals surface area contributed by atoms with Crippen LogP contribution in [-0.4, -0.2) is 17.0 Å². The number of benzene rings is 1. The number of rotatable bonds is 4. The summed E-state index contributed by atoms with van der Waals surface area (Å²) in [5, 5.41) is 11.1. The van der Waals surface area contributed by atoms with Crippen molar-refractivity contribution in [3.8, 4) is 0 Å². The Morgan fingerprint density at radius 1 is 1.27 bits per heavy atom. The third-order valence-electron chi connectivity index (χ3n) is 3.83. The average Bonchev–Trinajstić information content (AvgIpc) is 2.34. The Balaban J connectivity index is 2.13. The fourth-order valence-electron chi connectivity index (χ4n) is 2.37. The molecule has 2 rings (SSSR count). The van der Waals surface area contributed by atoms with Gasteiger partial charge in [-0.05, 0) is 31.0 Å². The van der Waals surface area contributed by atoms with E-state index in [4.69, 9.17) is 5.11 Å². The van der Waals surface area contributed by atoms with E-state index in [2.05, 4.69) is 0 Å². The molecule has 0 bridgehead atoms. The minimum absolute atomic E-state index is 0.320. The van der Waals surface area contributed by atoms with Crippen LogP contribution in [0.3, 0.4) is 0 Å². The second-order valence-corrected chi connectivity index (χ2v) is 5.36. The van der Waals surface area contributed by atoms with E-state index in [0.717, 1.165) is 0 Å². The number of aliphatic carboxylic acids is 1. The average molecular weight is 319 g/mol. The van der Waals surface area contributed by atoms with Crippen molar-refractivity contribution in [2.24, 2.45) is 5.41 Å². The topological polar surface area (TPSA) is 66.4 Å². The number of anilines is 1. The molecule has 0 saturated heterocycles. The van der Waals surface area contributed by atoms with Crippen molar-refractivity contribution in [2.45, 2.75) is 31.9 Å². The molecular formula is C14H13F4NO3. The van der Waals surface area contributed by atoms with Crippen LogP contribution in [0.2, 0.25) is 0 Å². The highest BCUT2D eigenvalue weighted by Crippen LogP contribution is 2.44. The SMILES string of the molecule is O=C(CC1(C(=O)O)CCC1)Nc1cc(C(F)(F)F)ccc1F. The quantitative estimate of drug-likeness (QED) is 0.836. The molecule has 1 amide bonds. The molecule has 1 saturated carbocycles. The van der Waals surface area contributed by atoms with Gasteiger partial charge in [-0.15, -0.1) is 0 Å². The van der Waals surface area contributed by atoms with Gasteiger partial charge >= 0.3 is 12.1 Å². The lowest BCUT2D eigenvalue weighted by molar-refractivity contribution is -0.157. The number of nitrogens with one attached hydrogen (secondary N) is 1. The van der Waals surface area contributed by atoms with Crippen LogP contribution >= 0.6 is 0 Å². The molecule has 0 radical (unpaired) electrons. The van der Waals surface area contributed by atoms with E-state index in [1.54, 1.807) is 0 Å². The molecule has 1 aliphatic carbocycles. The van der Waals surface area contributed by atoms with Crippen LogP contribution in [0.25, 0.3) is 0 Å². The van der Waals surface area contributed by atoms with Crippen molar-refractivity contribution < 1.29 is 32.3 Å². The number of carboxylic acids is 1. The molecule has 0 aromatic heterocycles. The van der Waals surface area contributed by atoms with Crippen LogP contribution in [-0.2, 0) is 15.8 Å². The van der Waals surface area contributed by atoms with Crippen molar-refractivity contribution >= 4 is 17.6 Å². The second-order valence-electron chi connectivity index (χ2n) is 5.36. The van der Waals surface area contributed by atoms with Gasteiger partial charge in [-0.1, -0.05) is 6.42 Å². The Labute approximate surface area is 123 Å². The summed E-state index contributed by atoms with van der Waals surface area (Å²) in [5.74, 6) is -2.96. The number of carbonyl (C=O) groups excluding carboxylic acids is 1. The molecule has 4 nitrogen and oxygen atoms in total. The molecule has 0 spiro atoms. The fraction of sp³-hybridized carbons (Fsp3) is 0.429. The van der Waals surface area contributed by atoms with E-state index < -0.39 is 47.0 Å². The first-order chi connectivity index (χ1) is 10.1. The third-order valence-corrected chi connectivity index (χ3v) is 3.83. The molecule has 8 heteroatoms. The van der Waals surface area contributed by atoms with Crippen LogP contribution in [0.4, 0.5) is 23.2 Å². The van der Waals surface area contributed by atoms with E-state index in [-0.39, 0.29) is 0 Å². The van der Waals surface area contributed by atoms with E-state index in [1.807, 2.05) is 5.32 Å². The van der Waals surface area contributed by atoms with Crippen LogP contribution in [0.15, 0.2) is 18.2 Å². The Bertz CT molecular complexity index is 609. The van der Waals surface area contributed by atoms with Crippen LogP contribution in [0.5, 0.6) is 0 Å². The maximum atomic E-state index is 13.5. The van der Waals surface area contributed by atoms with Gasteiger partial charge in [-0.3, -0.25) is 9.59 Å². The molecule has 1 aliphatic rings. The molecule has 1 aromatic rings. The van der Waals surface area contributed by atoms with Crippen molar-refractivity contribution in [3.63, 3.8) is 0 Å². The maximum absolute atomic E-state index is 13.5.